The Bertz CT molecular complexity index is 1310. The molecular formula is C50H94N6O12. The molecule has 0 aromatic rings. The normalized spacial score (nSPS) is 11.5. The molecule has 6 amide bonds. The lowest BCUT2D eigenvalue weighted by Gasteiger charge is -2.14. The molecule has 0 aliphatic heterocycles. The largest absolute Gasteiger partial charge is 0.480 e. The lowest BCUT2D eigenvalue weighted by atomic mass is 10.0. The number of hydrogen-bond donors (Lipinski definition) is 7. The zero-order chi connectivity index (χ0) is 50.1. The maximum absolute atomic E-state index is 12.2. The van der Waals surface area contributed by atoms with E-state index in [1.165, 1.54) is 83.5 Å². The first-order valence-electron chi connectivity index (χ1n) is 26.1. The van der Waals surface area contributed by atoms with Gasteiger partial charge in [-0.05, 0) is 38.0 Å². The Labute approximate surface area is 408 Å². The number of carbonyl (C=O) groups is 7. The summed E-state index contributed by atoms with van der Waals surface area (Å²) >= 11 is 0. The summed E-state index contributed by atoms with van der Waals surface area (Å²) in [6.07, 6.45) is 24.5. The van der Waals surface area contributed by atoms with Crippen LogP contribution in [0.5, 0.6) is 0 Å². The van der Waals surface area contributed by atoms with Crippen LogP contribution in [0.15, 0.2) is 0 Å². The fourth-order valence-electron chi connectivity index (χ4n) is 6.98. The van der Waals surface area contributed by atoms with Crippen LogP contribution >= 0.6 is 0 Å². The quantitative estimate of drug-likeness (QED) is 0.0367. The number of hydrogen-bond acceptors (Lipinski definition) is 11. The molecule has 0 fully saturated rings. The van der Waals surface area contributed by atoms with Gasteiger partial charge in [0.05, 0.1) is 39.6 Å². The topological polar surface area (TPSA) is 249 Å². The third-order valence-electron chi connectivity index (χ3n) is 11.0. The van der Waals surface area contributed by atoms with Crippen molar-refractivity contribution in [2.24, 2.45) is 5.92 Å². The summed E-state index contributed by atoms with van der Waals surface area (Å²) in [4.78, 5) is 83.8. The molecule has 0 bridgehead atoms. The van der Waals surface area contributed by atoms with Crippen LogP contribution in [0.25, 0.3) is 0 Å². The Morgan fingerprint density at radius 2 is 0.765 bits per heavy atom. The summed E-state index contributed by atoms with van der Waals surface area (Å²) < 4.78 is 21.3. The van der Waals surface area contributed by atoms with Crippen LogP contribution in [0.4, 0.5) is 0 Å². The van der Waals surface area contributed by atoms with E-state index < -0.39 is 24.5 Å². The highest BCUT2D eigenvalue weighted by atomic mass is 16.5. The van der Waals surface area contributed by atoms with Gasteiger partial charge in [-0.25, -0.2) is 4.79 Å². The number of carboxylic acid groups (broad SMARTS) is 1. The van der Waals surface area contributed by atoms with Crippen molar-refractivity contribution in [3.8, 4) is 0 Å². The molecule has 0 saturated heterocycles. The standard InChI is InChI=1S/C50H94N6O12/c1-4-5-20-29-51-45(58)25-21-31-53-47(60)28-27-43(50(63)64)56-49(62)41-68-39-37-66-35-33-55-48(61)40-67-38-36-65-34-32-54-46(59)26-22-30-52-44(57)24-19-17-15-13-11-9-7-6-8-10-12-14-16-18-23-42(2)3/h42-43H,4-41H2,1-3H3,(H,51,58)(H,52,57)(H,53,60)(H,54,59)(H,55,61)(H,56,62)(H,63,64). The molecule has 18 heteroatoms. The molecule has 0 aromatic carbocycles. The highest BCUT2D eigenvalue weighted by molar-refractivity contribution is 5.85. The first-order chi connectivity index (χ1) is 32.9. The van der Waals surface area contributed by atoms with Gasteiger partial charge in [-0.15, -0.1) is 0 Å². The van der Waals surface area contributed by atoms with Crippen LogP contribution in [0, 0.1) is 5.92 Å². The van der Waals surface area contributed by atoms with Crippen LogP contribution in [-0.4, -0.2) is 138 Å². The van der Waals surface area contributed by atoms with E-state index in [1.54, 1.807) is 0 Å². The zero-order valence-corrected chi connectivity index (χ0v) is 42.5. The van der Waals surface area contributed by atoms with E-state index >= 15 is 0 Å². The molecule has 0 rings (SSSR count). The van der Waals surface area contributed by atoms with Gasteiger partial charge in [-0.3, -0.25) is 28.8 Å². The molecule has 0 aromatic heterocycles. The molecule has 0 saturated carbocycles. The average molecular weight is 971 g/mol. The molecule has 7 N–H and O–H groups in total. The van der Waals surface area contributed by atoms with Gasteiger partial charge in [0.25, 0.3) is 0 Å². The molecular weight excluding hydrogens is 877 g/mol. The number of amides is 6. The van der Waals surface area contributed by atoms with Crippen molar-refractivity contribution in [3.63, 3.8) is 0 Å². The number of aliphatic carboxylic acids is 1. The fraction of sp³-hybridized carbons (Fsp3) is 0.860. The minimum atomic E-state index is -1.27. The number of carboxylic acids is 1. The van der Waals surface area contributed by atoms with Gasteiger partial charge in [-0.2, -0.15) is 0 Å². The number of nitrogens with one attached hydrogen (secondary N) is 6. The van der Waals surface area contributed by atoms with E-state index in [1.807, 2.05) is 0 Å². The summed E-state index contributed by atoms with van der Waals surface area (Å²) in [5.74, 6) is -1.92. The molecule has 396 valence electrons. The summed E-state index contributed by atoms with van der Waals surface area (Å²) in [5.41, 5.74) is 0. The minimum absolute atomic E-state index is 0.0476. The summed E-state index contributed by atoms with van der Waals surface area (Å²) in [5, 5.41) is 25.6. The lowest BCUT2D eigenvalue weighted by Crippen LogP contribution is -2.43. The highest BCUT2D eigenvalue weighted by Crippen LogP contribution is 2.15. The molecule has 0 radical (unpaired) electrons. The van der Waals surface area contributed by atoms with Gasteiger partial charge in [0.15, 0.2) is 0 Å². The second-order valence-corrected chi connectivity index (χ2v) is 17.9. The molecule has 0 spiro atoms. The number of ether oxygens (including phenoxy) is 4. The third-order valence-corrected chi connectivity index (χ3v) is 11.0. The van der Waals surface area contributed by atoms with E-state index in [4.69, 9.17) is 18.9 Å². The van der Waals surface area contributed by atoms with Crippen molar-refractivity contribution in [2.75, 3.05) is 85.6 Å². The molecule has 68 heavy (non-hydrogen) atoms. The van der Waals surface area contributed by atoms with Crippen molar-refractivity contribution in [1.29, 1.82) is 0 Å². The average Bonchev–Trinajstić information content (AvgIpc) is 3.30. The van der Waals surface area contributed by atoms with Crippen LogP contribution in [-0.2, 0) is 52.5 Å². The van der Waals surface area contributed by atoms with Gasteiger partial charge in [0, 0.05) is 58.4 Å². The Balaban J connectivity index is 3.60. The smallest absolute Gasteiger partial charge is 0.326 e. The van der Waals surface area contributed by atoms with Crippen molar-refractivity contribution in [1.82, 2.24) is 31.9 Å². The van der Waals surface area contributed by atoms with Crippen LogP contribution in [0.1, 0.15) is 181 Å². The maximum Gasteiger partial charge on any atom is 0.326 e. The summed E-state index contributed by atoms with van der Waals surface area (Å²) in [6.45, 7) is 9.27. The van der Waals surface area contributed by atoms with Gasteiger partial charge in [0.2, 0.25) is 35.4 Å². The first-order valence-corrected chi connectivity index (χ1v) is 26.1. The minimum Gasteiger partial charge on any atom is -0.480 e. The molecule has 1 unspecified atom stereocenters. The van der Waals surface area contributed by atoms with Crippen molar-refractivity contribution in [2.45, 2.75) is 187 Å². The summed E-state index contributed by atoms with van der Waals surface area (Å²) in [6, 6.07) is -1.27. The second-order valence-electron chi connectivity index (χ2n) is 17.9. The van der Waals surface area contributed by atoms with E-state index in [0.29, 0.717) is 51.9 Å². The summed E-state index contributed by atoms with van der Waals surface area (Å²) in [7, 11) is 0. The van der Waals surface area contributed by atoms with E-state index in [0.717, 1.165) is 38.0 Å². The van der Waals surface area contributed by atoms with Gasteiger partial charge in [0.1, 0.15) is 19.3 Å². The van der Waals surface area contributed by atoms with E-state index in [2.05, 4.69) is 52.7 Å². The zero-order valence-electron chi connectivity index (χ0n) is 42.5. The van der Waals surface area contributed by atoms with Crippen LogP contribution in [0.3, 0.4) is 0 Å². The molecule has 1 atom stereocenters. The van der Waals surface area contributed by atoms with Crippen LogP contribution in [0.2, 0.25) is 0 Å². The number of unbranched alkanes of at least 4 members (excludes halogenated alkanes) is 15. The predicted molar refractivity (Wildman–Crippen MR) is 264 cm³/mol. The monoisotopic (exact) mass is 971 g/mol. The number of rotatable bonds is 50. The molecule has 0 aliphatic rings. The Morgan fingerprint density at radius 1 is 0.382 bits per heavy atom. The van der Waals surface area contributed by atoms with Gasteiger partial charge in [-0.1, -0.05) is 124 Å². The first kappa shape index (κ1) is 64.1. The maximum atomic E-state index is 12.2. The predicted octanol–water partition coefficient (Wildman–Crippen LogP) is 5.63. The Hall–Kier alpha value is -3.87. The lowest BCUT2D eigenvalue weighted by molar-refractivity contribution is -0.143. The fourth-order valence-corrected chi connectivity index (χ4v) is 6.98. The van der Waals surface area contributed by atoms with Crippen LogP contribution < -0.4 is 31.9 Å². The van der Waals surface area contributed by atoms with Crippen molar-refractivity contribution in [3.05, 3.63) is 0 Å². The SMILES string of the molecule is CCCCCNC(=O)CCCNC(=O)CCC(NC(=O)COCCOCCNC(=O)COCCOCCNC(=O)CCCNC(=O)CCCCCCCCCCCCCCCCC(C)C)C(=O)O. The molecule has 0 heterocycles. The second kappa shape index (κ2) is 48.2. The third kappa shape index (κ3) is 47.2. The van der Waals surface area contributed by atoms with Gasteiger partial charge < -0.3 is 56.0 Å². The van der Waals surface area contributed by atoms with E-state index in [9.17, 15) is 38.7 Å². The number of carbonyl (C=O) groups excluding carboxylic acids is 6. The Kier molecular flexibility index (Phi) is 45.4. The van der Waals surface area contributed by atoms with Crippen molar-refractivity contribution >= 4 is 41.4 Å². The van der Waals surface area contributed by atoms with Gasteiger partial charge >= 0.3 is 5.97 Å². The molecule has 18 nitrogen and oxygen atoms in total. The van der Waals surface area contributed by atoms with Crippen molar-refractivity contribution < 1.29 is 57.6 Å². The van der Waals surface area contributed by atoms with E-state index in [-0.39, 0.29) is 102 Å². The Morgan fingerprint density at radius 3 is 1.24 bits per heavy atom. The molecule has 0 aliphatic carbocycles. The highest BCUT2D eigenvalue weighted by Gasteiger charge is 2.21.